The number of likely N-dealkylation sites (tertiary alicyclic amines) is 1. The molecular weight excluding hydrogens is 531 g/mol. The van der Waals surface area contributed by atoms with Gasteiger partial charge in [-0.3, -0.25) is 19.5 Å². The zero-order valence-corrected chi connectivity index (χ0v) is 22.4. The third-order valence-corrected chi connectivity index (χ3v) is 8.26. The summed E-state index contributed by atoms with van der Waals surface area (Å²) in [5.74, 6) is -0.506. The van der Waals surface area contributed by atoms with Crippen molar-refractivity contribution in [2.45, 2.75) is 44.6 Å². The van der Waals surface area contributed by atoms with Gasteiger partial charge in [-0.1, -0.05) is 12.1 Å². The minimum Gasteiger partial charge on any atom is -0.366 e. The first-order valence-corrected chi connectivity index (χ1v) is 13.7. The van der Waals surface area contributed by atoms with Crippen molar-refractivity contribution in [1.29, 1.82) is 0 Å². The van der Waals surface area contributed by atoms with E-state index in [-0.39, 0.29) is 11.9 Å². The maximum atomic E-state index is 13.0. The van der Waals surface area contributed by atoms with Crippen LogP contribution in [0, 0.1) is 0 Å². The second-order valence-electron chi connectivity index (χ2n) is 10.8. The SMILES string of the molecule is NC(=O)c1ccc2c(c1)c1c(n2C2CCN(C(=O)c3cccnc3)CC2)CCN(Cc2ccc(C(F)(F)F)cc2)C1. The lowest BCUT2D eigenvalue weighted by atomic mass is 10.0. The molecule has 4 heterocycles. The number of primary amides is 1. The van der Waals surface area contributed by atoms with Crippen LogP contribution in [-0.4, -0.2) is 50.8 Å². The van der Waals surface area contributed by atoms with Gasteiger partial charge in [0.1, 0.15) is 0 Å². The summed E-state index contributed by atoms with van der Waals surface area (Å²) in [5, 5.41) is 0.974. The number of aromatic nitrogens is 2. The Kier molecular flexibility index (Phi) is 7.03. The van der Waals surface area contributed by atoms with Crippen LogP contribution in [0.5, 0.6) is 0 Å². The van der Waals surface area contributed by atoms with Gasteiger partial charge in [0.2, 0.25) is 5.91 Å². The number of hydrogen-bond donors (Lipinski definition) is 1. The molecule has 1 saturated heterocycles. The fourth-order valence-electron chi connectivity index (χ4n) is 6.21. The summed E-state index contributed by atoms with van der Waals surface area (Å²) >= 11 is 0. The van der Waals surface area contributed by atoms with Crippen LogP contribution in [0.2, 0.25) is 0 Å². The first-order valence-electron chi connectivity index (χ1n) is 13.7. The normalized spacial score (nSPS) is 16.6. The van der Waals surface area contributed by atoms with Gasteiger partial charge in [0, 0.05) is 79.7 Å². The van der Waals surface area contributed by atoms with Crippen molar-refractivity contribution in [3.8, 4) is 0 Å². The van der Waals surface area contributed by atoms with Crippen molar-refractivity contribution in [3.05, 3.63) is 101 Å². The number of benzene rings is 2. The maximum Gasteiger partial charge on any atom is 0.416 e. The number of carbonyl (C=O) groups excluding carboxylic acids is 2. The lowest BCUT2D eigenvalue weighted by Gasteiger charge is -2.35. The number of pyridine rings is 1. The fraction of sp³-hybridized carbons (Fsp3) is 0.323. The second kappa shape index (κ2) is 10.7. The van der Waals surface area contributed by atoms with E-state index < -0.39 is 17.6 Å². The second-order valence-corrected chi connectivity index (χ2v) is 10.8. The molecule has 4 aromatic rings. The standard InChI is InChI=1S/C31H30F3N5O2/c32-31(33,34)23-6-3-20(4-7-23)18-37-13-11-28-26(19-37)25-16-21(29(35)40)5-8-27(25)39(28)24-9-14-38(15-10-24)30(41)22-2-1-12-36-17-22/h1-8,12,16-17,24H,9-11,13-15,18-19H2,(H2,35,40). The zero-order valence-electron chi connectivity index (χ0n) is 22.4. The minimum absolute atomic E-state index is 0.0130. The number of rotatable bonds is 5. The Hall–Kier alpha value is -4.18. The number of amides is 2. The molecule has 10 heteroatoms. The Morgan fingerprint density at radius 3 is 2.39 bits per heavy atom. The highest BCUT2D eigenvalue weighted by molar-refractivity contribution is 5.98. The van der Waals surface area contributed by atoms with Gasteiger partial charge >= 0.3 is 6.18 Å². The van der Waals surface area contributed by atoms with Crippen molar-refractivity contribution < 1.29 is 22.8 Å². The van der Waals surface area contributed by atoms with E-state index in [0.29, 0.717) is 37.3 Å². The number of hydrogen-bond acceptors (Lipinski definition) is 4. The first-order chi connectivity index (χ1) is 19.7. The molecule has 2 aromatic carbocycles. The molecule has 2 aliphatic rings. The number of nitrogens with two attached hydrogens (primary N) is 1. The summed E-state index contributed by atoms with van der Waals surface area (Å²) in [6.07, 6.45) is 1.25. The highest BCUT2D eigenvalue weighted by atomic mass is 19.4. The molecule has 7 nitrogen and oxygen atoms in total. The smallest absolute Gasteiger partial charge is 0.366 e. The van der Waals surface area contributed by atoms with E-state index in [4.69, 9.17) is 5.73 Å². The van der Waals surface area contributed by atoms with Gasteiger partial charge in [0.05, 0.1) is 11.1 Å². The fourth-order valence-corrected chi connectivity index (χ4v) is 6.21. The number of carbonyl (C=O) groups is 2. The van der Waals surface area contributed by atoms with Crippen LogP contribution in [0.25, 0.3) is 10.9 Å². The summed E-state index contributed by atoms with van der Waals surface area (Å²) in [6, 6.07) is 14.6. The minimum atomic E-state index is -4.36. The maximum absolute atomic E-state index is 13.0. The van der Waals surface area contributed by atoms with E-state index in [0.717, 1.165) is 60.0 Å². The van der Waals surface area contributed by atoms with Crippen LogP contribution < -0.4 is 5.73 Å². The first kappa shape index (κ1) is 27.0. The molecule has 212 valence electrons. The molecule has 2 aromatic heterocycles. The molecular formula is C31H30F3N5O2. The lowest BCUT2D eigenvalue weighted by molar-refractivity contribution is -0.137. The van der Waals surface area contributed by atoms with E-state index in [1.54, 1.807) is 30.6 Å². The molecule has 2 aliphatic heterocycles. The Labute approximate surface area is 235 Å². The summed E-state index contributed by atoms with van der Waals surface area (Å²) in [4.78, 5) is 33.2. The average molecular weight is 562 g/mol. The van der Waals surface area contributed by atoms with Crippen molar-refractivity contribution in [2.75, 3.05) is 19.6 Å². The van der Waals surface area contributed by atoms with Crippen LogP contribution in [0.1, 0.15) is 62.0 Å². The molecule has 41 heavy (non-hydrogen) atoms. The van der Waals surface area contributed by atoms with E-state index in [2.05, 4.69) is 14.5 Å². The van der Waals surface area contributed by atoms with Crippen LogP contribution in [0.15, 0.2) is 67.0 Å². The highest BCUT2D eigenvalue weighted by Gasteiger charge is 2.32. The van der Waals surface area contributed by atoms with Gasteiger partial charge in [0.25, 0.3) is 5.91 Å². The average Bonchev–Trinajstić information content (AvgIpc) is 3.30. The third-order valence-electron chi connectivity index (χ3n) is 8.26. The summed E-state index contributed by atoms with van der Waals surface area (Å²) < 4.78 is 41.4. The van der Waals surface area contributed by atoms with E-state index in [9.17, 15) is 22.8 Å². The van der Waals surface area contributed by atoms with Crippen LogP contribution in [0.4, 0.5) is 13.2 Å². The number of nitrogens with zero attached hydrogens (tertiary/aromatic N) is 4. The highest BCUT2D eigenvalue weighted by Crippen LogP contribution is 2.38. The molecule has 0 radical (unpaired) electrons. The van der Waals surface area contributed by atoms with E-state index >= 15 is 0 Å². The Morgan fingerprint density at radius 2 is 1.73 bits per heavy atom. The van der Waals surface area contributed by atoms with Crippen molar-refractivity contribution in [2.24, 2.45) is 5.73 Å². The Bertz CT molecular complexity index is 1590. The van der Waals surface area contributed by atoms with E-state index in [1.807, 2.05) is 17.0 Å². The molecule has 0 atom stereocenters. The van der Waals surface area contributed by atoms with Gasteiger partial charge in [-0.25, -0.2) is 0 Å². The monoisotopic (exact) mass is 561 g/mol. The van der Waals surface area contributed by atoms with E-state index in [1.165, 1.54) is 17.8 Å². The Morgan fingerprint density at radius 1 is 0.976 bits per heavy atom. The molecule has 2 amide bonds. The number of halogens is 3. The van der Waals surface area contributed by atoms with Gasteiger partial charge in [-0.05, 0) is 66.4 Å². The predicted octanol–water partition coefficient (Wildman–Crippen LogP) is 5.19. The molecule has 0 saturated carbocycles. The lowest BCUT2D eigenvalue weighted by Crippen LogP contribution is -2.39. The molecule has 6 rings (SSSR count). The van der Waals surface area contributed by atoms with Gasteiger partial charge < -0.3 is 15.2 Å². The predicted molar refractivity (Wildman–Crippen MR) is 148 cm³/mol. The molecule has 0 aliphatic carbocycles. The molecule has 0 unspecified atom stereocenters. The molecule has 1 fully saturated rings. The molecule has 0 bridgehead atoms. The van der Waals surface area contributed by atoms with Crippen molar-refractivity contribution in [3.63, 3.8) is 0 Å². The van der Waals surface area contributed by atoms with Gasteiger partial charge in [0.15, 0.2) is 0 Å². The molecule has 2 N–H and O–H groups in total. The number of fused-ring (bicyclic) bond motifs is 3. The molecule has 0 spiro atoms. The van der Waals surface area contributed by atoms with Crippen molar-refractivity contribution in [1.82, 2.24) is 19.4 Å². The zero-order chi connectivity index (χ0) is 28.7. The van der Waals surface area contributed by atoms with Gasteiger partial charge in [-0.15, -0.1) is 0 Å². The summed E-state index contributed by atoms with van der Waals surface area (Å²) in [5.41, 5.74) is 10.2. The quantitative estimate of drug-likeness (QED) is 0.364. The number of alkyl halides is 3. The van der Waals surface area contributed by atoms with Crippen molar-refractivity contribution >= 4 is 22.7 Å². The van der Waals surface area contributed by atoms with Crippen LogP contribution in [0.3, 0.4) is 0 Å². The Balaban J connectivity index is 1.26. The van der Waals surface area contributed by atoms with Crippen LogP contribution >= 0.6 is 0 Å². The van der Waals surface area contributed by atoms with Gasteiger partial charge in [-0.2, -0.15) is 13.2 Å². The van der Waals surface area contributed by atoms with Crippen LogP contribution in [-0.2, 0) is 25.7 Å². The summed E-state index contributed by atoms with van der Waals surface area (Å²) in [7, 11) is 0. The third kappa shape index (κ3) is 5.31. The summed E-state index contributed by atoms with van der Waals surface area (Å²) in [6.45, 7) is 3.15. The number of piperidine rings is 1. The largest absolute Gasteiger partial charge is 0.416 e. The topological polar surface area (TPSA) is 84.5 Å².